The lowest BCUT2D eigenvalue weighted by atomic mass is 10.1. The molecule has 0 N–H and O–H groups in total. The number of alkyl halides is 1. The molecule has 1 nitrogen and oxygen atoms in total. The molecule has 0 saturated carbocycles. The molecule has 0 saturated heterocycles. The third-order valence-electron chi connectivity index (χ3n) is 2.45. The lowest BCUT2D eigenvalue weighted by molar-refractivity contribution is 0.337. The minimum Gasteiger partial charge on any atom is -0.494 e. The molecule has 18 heavy (non-hydrogen) atoms. The van der Waals surface area contributed by atoms with Crippen molar-refractivity contribution >= 4 is 59.1 Å². The van der Waals surface area contributed by atoms with Crippen molar-refractivity contribution in [3.63, 3.8) is 0 Å². The second-order valence-corrected chi connectivity index (χ2v) is 8.28. The predicted molar refractivity (Wildman–Crippen MR) is 88.1 cm³/mol. The van der Waals surface area contributed by atoms with Gasteiger partial charge in [0.2, 0.25) is 0 Å². The molecule has 2 rings (SSSR count). The molecule has 0 amide bonds. The Balaban J connectivity index is 2.39. The van der Waals surface area contributed by atoms with E-state index in [1.807, 2.05) is 25.1 Å². The van der Waals surface area contributed by atoms with E-state index in [0.29, 0.717) is 6.61 Å². The molecular formula is C13H11Br3OS. The van der Waals surface area contributed by atoms with E-state index in [4.69, 9.17) is 4.74 Å². The molecule has 0 aliphatic carbocycles. The van der Waals surface area contributed by atoms with Gasteiger partial charge in [-0.25, -0.2) is 0 Å². The average molecular weight is 455 g/mol. The number of para-hydroxylation sites is 1. The average Bonchev–Trinajstić information content (AvgIpc) is 2.69. The zero-order valence-corrected chi connectivity index (χ0v) is 15.2. The molecule has 1 aromatic heterocycles. The molecular weight excluding hydrogens is 444 g/mol. The molecule has 1 heterocycles. The summed E-state index contributed by atoms with van der Waals surface area (Å²) < 4.78 is 7.91. The van der Waals surface area contributed by atoms with E-state index in [1.165, 1.54) is 5.56 Å². The Morgan fingerprint density at radius 2 is 1.94 bits per heavy atom. The number of ether oxygens (including phenoxy) is 1. The van der Waals surface area contributed by atoms with Gasteiger partial charge in [0.05, 0.1) is 19.0 Å². The Bertz CT molecular complexity index is 539. The monoisotopic (exact) mass is 452 g/mol. The van der Waals surface area contributed by atoms with Gasteiger partial charge in [0.15, 0.2) is 0 Å². The lowest BCUT2D eigenvalue weighted by Gasteiger charge is -2.14. The minimum atomic E-state index is 0.122. The van der Waals surface area contributed by atoms with Gasteiger partial charge in [-0.05, 0) is 56.5 Å². The summed E-state index contributed by atoms with van der Waals surface area (Å²) in [5.41, 5.74) is 2.35. The molecule has 0 aliphatic heterocycles. The molecule has 0 spiro atoms. The van der Waals surface area contributed by atoms with Crippen molar-refractivity contribution in [2.45, 2.75) is 11.8 Å². The number of hydrogen-bond acceptors (Lipinski definition) is 2. The zero-order valence-electron chi connectivity index (χ0n) is 9.62. The summed E-state index contributed by atoms with van der Waals surface area (Å²) in [6.45, 7) is 2.67. The summed E-state index contributed by atoms with van der Waals surface area (Å²) in [4.78, 5) is 0.122. The Hall–Kier alpha value is 0.160. The highest BCUT2D eigenvalue weighted by molar-refractivity contribution is 9.12. The standard InChI is InChI=1S/C13H11Br3OS/c1-2-17-10-6-4-3-5-8(10)12(15)9-7-11(14)18-13(9)16/h3-7,12H,2H2,1H3. The first-order valence-electron chi connectivity index (χ1n) is 5.44. The van der Waals surface area contributed by atoms with Crippen LogP contribution in [0.25, 0.3) is 0 Å². The van der Waals surface area contributed by atoms with Gasteiger partial charge in [-0.2, -0.15) is 0 Å². The second kappa shape index (κ2) is 6.55. The van der Waals surface area contributed by atoms with Crippen LogP contribution in [0, 0.1) is 0 Å². The van der Waals surface area contributed by atoms with Crippen molar-refractivity contribution in [3.05, 3.63) is 49.0 Å². The smallest absolute Gasteiger partial charge is 0.123 e. The Morgan fingerprint density at radius 3 is 2.56 bits per heavy atom. The second-order valence-electron chi connectivity index (χ2n) is 3.61. The number of benzene rings is 1. The molecule has 1 unspecified atom stereocenters. The van der Waals surface area contributed by atoms with Crippen LogP contribution < -0.4 is 4.74 Å². The van der Waals surface area contributed by atoms with E-state index < -0.39 is 0 Å². The highest BCUT2D eigenvalue weighted by Gasteiger charge is 2.19. The molecule has 0 aliphatic rings. The van der Waals surface area contributed by atoms with Crippen molar-refractivity contribution in [1.82, 2.24) is 0 Å². The summed E-state index contributed by atoms with van der Waals surface area (Å²) in [6, 6.07) is 10.2. The first-order valence-corrected chi connectivity index (χ1v) is 8.75. The van der Waals surface area contributed by atoms with Gasteiger partial charge in [-0.15, -0.1) is 11.3 Å². The fourth-order valence-corrected chi connectivity index (χ4v) is 5.77. The van der Waals surface area contributed by atoms with Crippen LogP contribution in [0.4, 0.5) is 0 Å². The summed E-state index contributed by atoms with van der Waals surface area (Å²) in [6.07, 6.45) is 0. The molecule has 0 fully saturated rings. The normalized spacial score (nSPS) is 12.4. The van der Waals surface area contributed by atoms with Crippen molar-refractivity contribution in [1.29, 1.82) is 0 Å². The topological polar surface area (TPSA) is 9.23 Å². The minimum absolute atomic E-state index is 0.122. The molecule has 96 valence electrons. The van der Waals surface area contributed by atoms with Crippen LogP contribution in [0.2, 0.25) is 0 Å². The van der Waals surface area contributed by atoms with Crippen LogP contribution in [0.5, 0.6) is 5.75 Å². The first-order chi connectivity index (χ1) is 8.63. The van der Waals surface area contributed by atoms with Gasteiger partial charge in [-0.1, -0.05) is 34.1 Å². The molecule has 1 atom stereocenters. The zero-order chi connectivity index (χ0) is 13.1. The maximum Gasteiger partial charge on any atom is 0.123 e. The van der Waals surface area contributed by atoms with Crippen LogP contribution in [0.1, 0.15) is 22.9 Å². The van der Waals surface area contributed by atoms with Gasteiger partial charge >= 0.3 is 0 Å². The highest BCUT2D eigenvalue weighted by atomic mass is 79.9. The van der Waals surface area contributed by atoms with E-state index >= 15 is 0 Å². The molecule has 0 bridgehead atoms. The Kier molecular flexibility index (Phi) is 5.30. The Morgan fingerprint density at radius 1 is 1.22 bits per heavy atom. The van der Waals surface area contributed by atoms with Gasteiger partial charge < -0.3 is 4.74 Å². The Labute approximate surface area is 136 Å². The maximum atomic E-state index is 5.67. The lowest BCUT2D eigenvalue weighted by Crippen LogP contribution is -1.99. The molecule has 5 heteroatoms. The molecule has 0 radical (unpaired) electrons. The van der Waals surface area contributed by atoms with Crippen LogP contribution in [-0.2, 0) is 0 Å². The summed E-state index contributed by atoms with van der Waals surface area (Å²) >= 11 is 12.5. The highest BCUT2D eigenvalue weighted by Crippen LogP contribution is 2.44. The third-order valence-corrected chi connectivity index (χ3v) is 5.82. The van der Waals surface area contributed by atoms with Gasteiger partial charge in [-0.3, -0.25) is 0 Å². The van der Waals surface area contributed by atoms with E-state index in [1.54, 1.807) is 11.3 Å². The van der Waals surface area contributed by atoms with Crippen molar-refractivity contribution < 1.29 is 4.74 Å². The van der Waals surface area contributed by atoms with Crippen molar-refractivity contribution in [2.24, 2.45) is 0 Å². The SMILES string of the molecule is CCOc1ccccc1C(Br)c1cc(Br)sc1Br. The van der Waals surface area contributed by atoms with Crippen molar-refractivity contribution in [3.8, 4) is 5.75 Å². The number of halogens is 3. The van der Waals surface area contributed by atoms with Gasteiger partial charge in [0, 0.05) is 5.56 Å². The summed E-state index contributed by atoms with van der Waals surface area (Å²) in [7, 11) is 0. The fourth-order valence-electron chi connectivity index (χ4n) is 1.67. The summed E-state index contributed by atoms with van der Waals surface area (Å²) in [5.74, 6) is 0.927. The van der Waals surface area contributed by atoms with Crippen molar-refractivity contribution in [2.75, 3.05) is 6.61 Å². The first kappa shape index (κ1) is 14.6. The third kappa shape index (κ3) is 3.18. The van der Waals surface area contributed by atoms with Crippen LogP contribution in [-0.4, -0.2) is 6.61 Å². The van der Waals surface area contributed by atoms with E-state index in [0.717, 1.165) is 18.9 Å². The van der Waals surface area contributed by atoms with Gasteiger partial charge in [0.1, 0.15) is 5.75 Å². The van der Waals surface area contributed by atoms with E-state index in [-0.39, 0.29) is 4.83 Å². The van der Waals surface area contributed by atoms with Crippen LogP contribution in [0.15, 0.2) is 37.9 Å². The largest absolute Gasteiger partial charge is 0.494 e. The fraction of sp³-hybridized carbons (Fsp3) is 0.231. The molecule has 1 aromatic carbocycles. The van der Waals surface area contributed by atoms with Gasteiger partial charge in [0.25, 0.3) is 0 Å². The summed E-state index contributed by atoms with van der Waals surface area (Å²) in [5, 5.41) is 0. The quantitative estimate of drug-likeness (QED) is 0.503. The van der Waals surface area contributed by atoms with E-state index in [9.17, 15) is 0 Å². The molecule has 2 aromatic rings. The predicted octanol–water partition coefficient (Wildman–Crippen LogP) is 6.16. The number of thiophene rings is 1. The van der Waals surface area contributed by atoms with E-state index in [2.05, 4.69) is 59.9 Å². The number of rotatable bonds is 4. The maximum absolute atomic E-state index is 5.67. The van der Waals surface area contributed by atoms with Crippen LogP contribution in [0.3, 0.4) is 0 Å². The van der Waals surface area contributed by atoms with Crippen LogP contribution >= 0.6 is 59.1 Å². The number of hydrogen-bond donors (Lipinski definition) is 0.